The lowest BCUT2D eigenvalue weighted by Gasteiger charge is -1.92. The number of nitrogens with two attached hydrogens (primary N) is 1. The summed E-state index contributed by atoms with van der Waals surface area (Å²) in [6.07, 6.45) is 0. The number of Topliss-reactive ketones (excluding diaryl/α,β-unsaturated/α-hetero) is 1. The summed E-state index contributed by atoms with van der Waals surface area (Å²) < 4.78 is 0. The summed E-state index contributed by atoms with van der Waals surface area (Å²) in [5.74, 6) is 0.0237. The number of rotatable bonds is 1. The van der Waals surface area contributed by atoms with Crippen molar-refractivity contribution >= 4 is 22.4 Å². The first-order chi connectivity index (χ1) is 6.18. The first kappa shape index (κ1) is 7.86. The lowest BCUT2D eigenvalue weighted by molar-refractivity contribution is 0.101. The Kier molecular flexibility index (Phi) is 1.59. The SMILES string of the molecule is CC(=O)c1cc2c(N)cccc2[nH]1. The largest absolute Gasteiger partial charge is 0.398 e. The number of carbonyl (C=O) groups excluding carboxylic acids is 1. The highest BCUT2D eigenvalue weighted by molar-refractivity contribution is 6.01. The third kappa shape index (κ3) is 1.18. The molecule has 0 bridgehead atoms. The van der Waals surface area contributed by atoms with Crippen LogP contribution in [-0.4, -0.2) is 10.8 Å². The molecule has 0 fully saturated rings. The van der Waals surface area contributed by atoms with Crippen molar-refractivity contribution in [1.29, 1.82) is 0 Å². The van der Waals surface area contributed by atoms with E-state index in [-0.39, 0.29) is 5.78 Å². The molecule has 13 heavy (non-hydrogen) atoms. The molecule has 0 radical (unpaired) electrons. The van der Waals surface area contributed by atoms with Crippen molar-refractivity contribution in [1.82, 2.24) is 4.98 Å². The monoisotopic (exact) mass is 174 g/mol. The third-order valence-electron chi connectivity index (χ3n) is 2.08. The maximum absolute atomic E-state index is 11.1. The minimum atomic E-state index is 0.0237. The maximum Gasteiger partial charge on any atom is 0.175 e. The Labute approximate surface area is 75.6 Å². The van der Waals surface area contributed by atoms with Crippen LogP contribution in [0.3, 0.4) is 0 Å². The van der Waals surface area contributed by atoms with Crippen molar-refractivity contribution in [3.05, 3.63) is 30.0 Å². The molecule has 1 aromatic carbocycles. The maximum atomic E-state index is 11.1. The highest BCUT2D eigenvalue weighted by atomic mass is 16.1. The second-order valence-electron chi connectivity index (χ2n) is 3.05. The van der Waals surface area contributed by atoms with Gasteiger partial charge in [-0.15, -0.1) is 0 Å². The molecule has 66 valence electrons. The van der Waals surface area contributed by atoms with E-state index < -0.39 is 0 Å². The minimum absolute atomic E-state index is 0.0237. The van der Waals surface area contributed by atoms with E-state index in [1.54, 1.807) is 6.07 Å². The number of nitrogens with one attached hydrogen (secondary N) is 1. The van der Waals surface area contributed by atoms with Crippen LogP contribution in [-0.2, 0) is 0 Å². The summed E-state index contributed by atoms with van der Waals surface area (Å²) in [4.78, 5) is 14.1. The van der Waals surface area contributed by atoms with Crippen LogP contribution in [0.4, 0.5) is 5.69 Å². The van der Waals surface area contributed by atoms with Gasteiger partial charge in [0.05, 0.1) is 5.69 Å². The molecule has 2 rings (SSSR count). The summed E-state index contributed by atoms with van der Waals surface area (Å²) in [5.41, 5.74) is 7.95. The van der Waals surface area contributed by atoms with Crippen LogP contribution in [0, 0.1) is 0 Å². The predicted molar refractivity (Wildman–Crippen MR) is 52.7 cm³/mol. The molecule has 3 N–H and O–H groups in total. The van der Waals surface area contributed by atoms with Crippen molar-refractivity contribution < 1.29 is 4.79 Å². The zero-order valence-corrected chi connectivity index (χ0v) is 7.29. The number of H-pyrrole nitrogens is 1. The average molecular weight is 174 g/mol. The van der Waals surface area contributed by atoms with E-state index >= 15 is 0 Å². The Hall–Kier alpha value is -1.77. The minimum Gasteiger partial charge on any atom is -0.398 e. The van der Waals surface area contributed by atoms with Gasteiger partial charge in [-0.2, -0.15) is 0 Å². The van der Waals surface area contributed by atoms with Crippen molar-refractivity contribution in [3.8, 4) is 0 Å². The number of anilines is 1. The number of hydrogen-bond acceptors (Lipinski definition) is 2. The second-order valence-corrected chi connectivity index (χ2v) is 3.05. The molecule has 0 aliphatic heterocycles. The van der Waals surface area contributed by atoms with Gasteiger partial charge in [0.25, 0.3) is 0 Å². The third-order valence-corrected chi connectivity index (χ3v) is 2.08. The Morgan fingerprint density at radius 3 is 2.85 bits per heavy atom. The quantitative estimate of drug-likeness (QED) is 0.512. The zero-order chi connectivity index (χ0) is 9.42. The van der Waals surface area contributed by atoms with E-state index in [2.05, 4.69) is 4.98 Å². The number of aromatic nitrogens is 1. The van der Waals surface area contributed by atoms with Crippen LogP contribution in [0.15, 0.2) is 24.3 Å². The lowest BCUT2D eigenvalue weighted by atomic mass is 10.2. The normalized spacial score (nSPS) is 10.5. The first-order valence-electron chi connectivity index (χ1n) is 4.06. The fraction of sp³-hybridized carbons (Fsp3) is 0.100. The van der Waals surface area contributed by atoms with Gasteiger partial charge in [0.1, 0.15) is 0 Å². The Morgan fingerprint density at radius 2 is 2.23 bits per heavy atom. The van der Waals surface area contributed by atoms with E-state index in [0.29, 0.717) is 11.4 Å². The summed E-state index contributed by atoms with van der Waals surface area (Å²) in [5, 5.41) is 0.910. The van der Waals surface area contributed by atoms with Crippen LogP contribution >= 0.6 is 0 Å². The van der Waals surface area contributed by atoms with E-state index in [1.165, 1.54) is 6.92 Å². The molecular formula is C10H10N2O. The highest BCUT2D eigenvalue weighted by Crippen LogP contribution is 2.21. The fourth-order valence-electron chi connectivity index (χ4n) is 1.37. The molecule has 1 aromatic heterocycles. The summed E-state index contributed by atoms with van der Waals surface area (Å²) in [6.45, 7) is 1.53. The van der Waals surface area contributed by atoms with Gasteiger partial charge in [-0.05, 0) is 18.2 Å². The molecular weight excluding hydrogens is 164 g/mol. The topological polar surface area (TPSA) is 58.9 Å². The number of ketones is 1. The zero-order valence-electron chi connectivity index (χ0n) is 7.29. The number of fused-ring (bicyclic) bond motifs is 1. The highest BCUT2D eigenvalue weighted by Gasteiger charge is 2.05. The smallest absolute Gasteiger partial charge is 0.175 e. The molecule has 0 amide bonds. The molecule has 0 saturated carbocycles. The van der Waals surface area contributed by atoms with Crippen LogP contribution in [0.25, 0.3) is 10.9 Å². The average Bonchev–Trinajstić information content (AvgIpc) is 2.49. The van der Waals surface area contributed by atoms with Gasteiger partial charge in [-0.3, -0.25) is 4.79 Å². The molecule has 0 unspecified atom stereocenters. The number of aromatic amines is 1. The van der Waals surface area contributed by atoms with Gasteiger partial charge in [0.2, 0.25) is 0 Å². The molecule has 3 heteroatoms. The molecule has 0 aliphatic carbocycles. The standard InChI is InChI=1S/C10H10N2O/c1-6(13)10-5-7-8(11)3-2-4-9(7)12-10/h2-5,12H,11H2,1H3. The Morgan fingerprint density at radius 1 is 1.46 bits per heavy atom. The summed E-state index contributed by atoms with van der Waals surface area (Å²) in [6, 6.07) is 7.36. The van der Waals surface area contributed by atoms with Crippen LogP contribution in [0.2, 0.25) is 0 Å². The van der Waals surface area contributed by atoms with Gasteiger partial charge in [0, 0.05) is 23.5 Å². The molecule has 0 saturated heterocycles. The number of benzene rings is 1. The van der Waals surface area contributed by atoms with E-state index in [0.717, 1.165) is 10.9 Å². The summed E-state index contributed by atoms with van der Waals surface area (Å²) >= 11 is 0. The Balaban J connectivity index is 2.75. The molecule has 0 atom stereocenters. The van der Waals surface area contributed by atoms with Gasteiger partial charge in [-0.1, -0.05) is 6.07 Å². The van der Waals surface area contributed by atoms with Crippen LogP contribution in [0.1, 0.15) is 17.4 Å². The molecule has 2 aromatic rings. The van der Waals surface area contributed by atoms with Gasteiger partial charge in [-0.25, -0.2) is 0 Å². The number of carbonyl (C=O) groups is 1. The second kappa shape index (κ2) is 2.62. The first-order valence-corrected chi connectivity index (χ1v) is 4.06. The van der Waals surface area contributed by atoms with Crippen molar-refractivity contribution in [2.45, 2.75) is 6.92 Å². The van der Waals surface area contributed by atoms with Crippen LogP contribution in [0.5, 0.6) is 0 Å². The van der Waals surface area contributed by atoms with Crippen molar-refractivity contribution in [2.75, 3.05) is 5.73 Å². The predicted octanol–water partition coefficient (Wildman–Crippen LogP) is 1.95. The van der Waals surface area contributed by atoms with Gasteiger partial charge in [0.15, 0.2) is 5.78 Å². The number of nitrogen functional groups attached to an aromatic ring is 1. The Bertz CT molecular complexity index is 471. The van der Waals surface area contributed by atoms with Gasteiger partial charge >= 0.3 is 0 Å². The van der Waals surface area contributed by atoms with E-state index in [9.17, 15) is 4.79 Å². The van der Waals surface area contributed by atoms with E-state index in [4.69, 9.17) is 5.73 Å². The molecule has 3 nitrogen and oxygen atoms in total. The number of hydrogen-bond donors (Lipinski definition) is 2. The van der Waals surface area contributed by atoms with Crippen LogP contribution < -0.4 is 5.73 Å². The molecule has 0 spiro atoms. The van der Waals surface area contributed by atoms with Crippen molar-refractivity contribution in [3.63, 3.8) is 0 Å². The summed E-state index contributed by atoms with van der Waals surface area (Å²) in [7, 11) is 0. The van der Waals surface area contributed by atoms with Gasteiger partial charge < -0.3 is 10.7 Å². The molecule has 0 aliphatic rings. The lowest BCUT2D eigenvalue weighted by Crippen LogP contribution is -1.89. The van der Waals surface area contributed by atoms with Crippen molar-refractivity contribution in [2.24, 2.45) is 0 Å². The molecule has 1 heterocycles. The fourth-order valence-corrected chi connectivity index (χ4v) is 1.37. The van der Waals surface area contributed by atoms with E-state index in [1.807, 2.05) is 18.2 Å².